The van der Waals surface area contributed by atoms with E-state index in [1.807, 2.05) is 6.07 Å². The SMILES string of the molecule is COc1ccc2[nH]cc(CCN3CCCCC3CC3CCCCC3)c2c1. The highest BCUT2D eigenvalue weighted by Gasteiger charge is 2.26. The molecule has 2 aliphatic rings. The standard InChI is InChI=1S/C23H34N2O/c1-26-21-10-11-23-22(16-21)19(17-24-23)12-14-25-13-6-5-9-20(25)15-18-7-3-2-4-8-18/h10-11,16-18,20,24H,2-9,12-15H2,1H3. The van der Waals surface area contributed by atoms with E-state index in [-0.39, 0.29) is 0 Å². The van der Waals surface area contributed by atoms with Gasteiger partial charge in [-0.3, -0.25) is 0 Å². The molecule has 1 N–H and O–H groups in total. The fourth-order valence-electron chi connectivity index (χ4n) is 5.18. The van der Waals surface area contributed by atoms with Gasteiger partial charge in [0, 0.05) is 29.7 Å². The van der Waals surface area contributed by atoms with Crippen LogP contribution in [0.15, 0.2) is 24.4 Å². The number of ether oxygens (including phenoxy) is 1. The summed E-state index contributed by atoms with van der Waals surface area (Å²) in [7, 11) is 1.75. The zero-order chi connectivity index (χ0) is 17.8. The van der Waals surface area contributed by atoms with Crippen LogP contribution < -0.4 is 4.74 Å². The molecule has 142 valence electrons. The van der Waals surface area contributed by atoms with Gasteiger partial charge >= 0.3 is 0 Å². The molecule has 1 aliphatic carbocycles. The molecule has 0 amide bonds. The fraction of sp³-hybridized carbons (Fsp3) is 0.652. The molecule has 0 spiro atoms. The number of hydrogen-bond acceptors (Lipinski definition) is 2. The van der Waals surface area contributed by atoms with E-state index in [1.165, 1.54) is 87.3 Å². The molecule has 1 saturated heterocycles. The Morgan fingerprint density at radius 1 is 1.08 bits per heavy atom. The van der Waals surface area contributed by atoms with Gasteiger partial charge in [0.2, 0.25) is 0 Å². The molecule has 2 heterocycles. The lowest BCUT2D eigenvalue weighted by atomic mass is 9.82. The first-order valence-electron chi connectivity index (χ1n) is 10.7. The minimum atomic E-state index is 0.826. The number of likely N-dealkylation sites (tertiary alicyclic amines) is 1. The number of methoxy groups -OCH3 is 1. The van der Waals surface area contributed by atoms with Crippen LogP contribution in [0.5, 0.6) is 5.75 Å². The Morgan fingerprint density at radius 2 is 1.92 bits per heavy atom. The lowest BCUT2D eigenvalue weighted by Crippen LogP contribution is -2.42. The highest BCUT2D eigenvalue weighted by Crippen LogP contribution is 2.32. The minimum Gasteiger partial charge on any atom is -0.497 e. The maximum Gasteiger partial charge on any atom is 0.119 e. The molecule has 1 aromatic heterocycles. The van der Waals surface area contributed by atoms with Gasteiger partial charge in [-0.25, -0.2) is 0 Å². The van der Waals surface area contributed by atoms with E-state index in [0.29, 0.717) is 0 Å². The van der Waals surface area contributed by atoms with Crippen LogP contribution in [0.25, 0.3) is 10.9 Å². The first kappa shape index (κ1) is 17.9. The molecule has 1 unspecified atom stereocenters. The molecule has 1 aromatic carbocycles. The van der Waals surface area contributed by atoms with Crippen LogP contribution in [0, 0.1) is 5.92 Å². The van der Waals surface area contributed by atoms with Crippen molar-refractivity contribution in [1.29, 1.82) is 0 Å². The normalized spacial score (nSPS) is 22.7. The summed E-state index contributed by atoms with van der Waals surface area (Å²) in [5.41, 5.74) is 2.65. The molecule has 2 fully saturated rings. The molecule has 3 heteroatoms. The minimum absolute atomic E-state index is 0.826. The van der Waals surface area contributed by atoms with Crippen molar-refractivity contribution in [1.82, 2.24) is 9.88 Å². The molecule has 1 atom stereocenters. The molecule has 1 aliphatic heterocycles. The average Bonchev–Trinajstić information content (AvgIpc) is 3.10. The Morgan fingerprint density at radius 3 is 2.77 bits per heavy atom. The van der Waals surface area contributed by atoms with Crippen molar-refractivity contribution in [3.8, 4) is 5.75 Å². The van der Waals surface area contributed by atoms with Crippen molar-refractivity contribution in [2.75, 3.05) is 20.2 Å². The Balaban J connectivity index is 1.40. The topological polar surface area (TPSA) is 28.3 Å². The second kappa shape index (κ2) is 8.47. The molecule has 26 heavy (non-hydrogen) atoms. The Bertz CT molecular complexity index is 701. The quantitative estimate of drug-likeness (QED) is 0.737. The van der Waals surface area contributed by atoms with Crippen LogP contribution in [0.4, 0.5) is 0 Å². The van der Waals surface area contributed by atoms with Crippen LogP contribution >= 0.6 is 0 Å². The van der Waals surface area contributed by atoms with Gasteiger partial charge in [-0.15, -0.1) is 0 Å². The lowest BCUT2D eigenvalue weighted by Gasteiger charge is -2.38. The van der Waals surface area contributed by atoms with E-state index in [2.05, 4.69) is 28.2 Å². The second-order valence-electron chi connectivity index (χ2n) is 8.40. The predicted octanol–water partition coefficient (Wildman–Crippen LogP) is 5.54. The van der Waals surface area contributed by atoms with Gasteiger partial charge in [0.05, 0.1) is 7.11 Å². The van der Waals surface area contributed by atoms with Crippen LogP contribution in [-0.2, 0) is 6.42 Å². The third kappa shape index (κ3) is 4.09. The summed E-state index contributed by atoms with van der Waals surface area (Å²) in [6, 6.07) is 7.17. The fourth-order valence-corrected chi connectivity index (χ4v) is 5.18. The largest absolute Gasteiger partial charge is 0.497 e. The van der Waals surface area contributed by atoms with Crippen molar-refractivity contribution in [3.63, 3.8) is 0 Å². The number of hydrogen-bond donors (Lipinski definition) is 1. The summed E-state index contributed by atoms with van der Waals surface area (Å²) < 4.78 is 5.42. The van der Waals surface area contributed by atoms with Crippen LogP contribution in [0.3, 0.4) is 0 Å². The summed E-state index contributed by atoms with van der Waals surface area (Å²) in [6.45, 7) is 2.49. The van der Waals surface area contributed by atoms with Crippen LogP contribution in [0.1, 0.15) is 63.4 Å². The number of rotatable bonds is 6. The van der Waals surface area contributed by atoms with E-state index in [9.17, 15) is 0 Å². The van der Waals surface area contributed by atoms with Crippen molar-refractivity contribution in [2.24, 2.45) is 5.92 Å². The van der Waals surface area contributed by atoms with Crippen molar-refractivity contribution < 1.29 is 4.74 Å². The molecule has 2 aromatic rings. The van der Waals surface area contributed by atoms with Gasteiger partial charge in [0.15, 0.2) is 0 Å². The number of aromatic nitrogens is 1. The molecule has 0 radical (unpaired) electrons. The summed E-state index contributed by atoms with van der Waals surface area (Å²) in [6.07, 6.45) is 16.4. The van der Waals surface area contributed by atoms with Gasteiger partial charge in [-0.1, -0.05) is 38.5 Å². The van der Waals surface area contributed by atoms with Gasteiger partial charge in [0.25, 0.3) is 0 Å². The van der Waals surface area contributed by atoms with Gasteiger partial charge in [-0.05, 0) is 61.9 Å². The Hall–Kier alpha value is -1.48. The van der Waals surface area contributed by atoms with Gasteiger partial charge in [-0.2, -0.15) is 0 Å². The number of aromatic amines is 1. The lowest BCUT2D eigenvalue weighted by molar-refractivity contribution is 0.118. The molecule has 3 nitrogen and oxygen atoms in total. The molecular weight excluding hydrogens is 320 g/mol. The zero-order valence-corrected chi connectivity index (χ0v) is 16.3. The third-order valence-electron chi connectivity index (χ3n) is 6.72. The number of nitrogens with zero attached hydrogens (tertiary/aromatic N) is 1. The maximum atomic E-state index is 5.42. The number of fused-ring (bicyclic) bond motifs is 1. The van der Waals surface area contributed by atoms with E-state index in [1.54, 1.807) is 7.11 Å². The first-order valence-corrected chi connectivity index (χ1v) is 10.7. The number of piperidine rings is 1. The second-order valence-corrected chi connectivity index (χ2v) is 8.40. The van der Waals surface area contributed by atoms with E-state index >= 15 is 0 Å². The summed E-state index contributed by atoms with van der Waals surface area (Å²) >= 11 is 0. The van der Waals surface area contributed by atoms with Crippen molar-refractivity contribution in [3.05, 3.63) is 30.0 Å². The first-order chi connectivity index (χ1) is 12.8. The summed E-state index contributed by atoms with van der Waals surface area (Å²) in [5.74, 6) is 1.94. The van der Waals surface area contributed by atoms with E-state index < -0.39 is 0 Å². The Kier molecular flexibility index (Phi) is 5.84. The van der Waals surface area contributed by atoms with Gasteiger partial charge in [0.1, 0.15) is 5.75 Å². The number of benzene rings is 1. The van der Waals surface area contributed by atoms with Gasteiger partial charge < -0.3 is 14.6 Å². The Labute approximate surface area is 158 Å². The summed E-state index contributed by atoms with van der Waals surface area (Å²) in [4.78, 5) is 6.23. The molecule has 1 saturated carbocycles. The number of nitrogens with one attached hydrogen (secondary N) is 1. The molecule has 0 bridgehead atoms. The van der Waals surface area contributed by atoms with Crippen LogP contribution in [0.2, 0.25) is 0 Å². The predicted molar refractivity (Wildman–Crippen MR) is 109 cm³/mol. The molecule has 4 rings (SSSR count). The third-order valence-corrected chi connectivity index (χ3v) is 6.72. The highest BCUT2D eigenvalue weighted by molar-refractivity contribution is 5.84. The highest BCUT2D eigenvalue weighted by atomic mass is 16.5. The van der Waals surface area contributed by atoms with Crippen molar-refractivity contribution >= 4 is 10.9 Å². The zero-order valence-electron chi connectivity index (χ0n) is 16.3. The maximum absolute atomic E-state index is 5.42. The van der Waals surface area contributed by atoms with Crippen LogP contribution in [-0.4, -0.2) is 36.1 Å². The monoisotopic (exact) mass is 354 g/mol. The average molecular weight is 355 g/mol. The van der Waals surface area contributed by atoms with E-state index in [4.69, 9.17) is 4.74 Å². The smallest absolute Gasteiger partial charge is 0.119 e. The van der Waals surface area contributed by atoms with Crippen molar-refractivity contribution in [2.45, 2.75) is 70.3 Å². The number of H-pyrrole nitrogens is 1. The molecular formula is C23H34N2O. The summed E-state index contributed by atoms with van der Waals surface area (Å²) in [5, 5.41) is 1.32. The van der Waals surface area contributed by atoms with E-state index in [0.717, 1.165) is 24.1 Å².